The molecule has 13 nitrogen and oxygen atoms in total. The lowest BCUT2D eigenvalue weighted by molar-refractivity contribution is -0.220. The van der Waals surface area contributed by atoms with Crippen molar-refractivity contribution in [3.05, 3.63) is 12.2 Å². The molecular formula is C39H73O13P. The van der Waals surface area contributed by atoms with Gasteiger partial charge in [-0.3, -0.25) is 18.6 Å². The summed E-state index contributed by atoms with van der Waals surface area (Å²) < 4.78 is 33.3. The standard InChI is InChI=1S/C39H73O13P/c1-3-5-7-9-11-13-14-15-16-17-18-20-22-24-26-28-33(41)51-31(29-49-32(40)27-25-23-21-19-12-10-8-6-4-2)30-50-53(47,48)52-39-37(45)35(43)34(42)36(44)38(39)46/h13-14,31,34-39,42-46H,3-12,15-30H2,1-2H3,(H,47,48)/b14-13+/t31-,34?,35+,36?,37?,38?,39?/m1/s1. The lowest BCUT2D eigenvalue weighted by Crippen LogP contribution is -2.64. The molecule has 1 aliphatic carbocycles. The smallest absolute Gasteiger partial charge is 0.462 e. The Labute approximate surface area is 318 Å². The van der Waals surface area contributed by atoms with Gasteiger partial charge >= 0.3 is 19.8 Å². The van der Waals surface area contributed by atoms with Gasteiger partial charge in [0, 0.05) is 12.8 Å². The number of allylic oxidation sites excluding steroid dienone is 2. The molecule has 0 saturated heterocycles. The molecule has 6 unspecified atom stereocenters. The lowest BCUT2D eigenvalue weighted by atomic mass is 9.85. The zero-order valence-electron chi connectivity index (χ0n) is 32.6. The van der Waals surface area contributed by atoms with E-state index >= 15 is 0 Å². The molecule has 312 valence electrons. The third-order valence-corrected chi connectivity index (χ3v) is 10.6. The number of rotatable bonds is 33. The summed E-state index contributed by atoms with van der Waals surface area (Å²) in [6.07, 6.45) is 15.8. The topological polar surface area (TPSA) is 210 Å². The van der Waals surface area contributed by atoms with Crippen molar-refractivity contribution in [2.45, 2.75) is 211 Å². The van der Waals surface area contributed by atoms with Crippen LogP contribution >= 0.6 is 7.82 Å². The van der Waals surface area contributed by atoms with Gasteiger partial charge in [0.2, 0.25) is 0 Å². The van der Waals surface area contributed by atoms with E-state index in [9.17, 15) is 44.6 Å². The highest BCUT2D eigenvalue weighted by atomic mass is 31.2. The summed E-state index contributed by atoms with van der Waals surface area (Å²) in [5.41, 5.74) is 0. The SMILES string of the molecule is CCCCCC/C=C/CCCCCCCCCC(=O)O[C@H](COC(=O)CCCCCCCCCCC)COP(=O)(O)OC1C(O)C(O)C(O)[C@H](O)C1O. The Morgan fingerprint density at radius 1 is 0.566 bits per heavy atom. The van der Waals surface area contributed by atoms with E-state index in [0.717, 1.165) is 57.8 Å². The number of phosphoric ester groups is 1. The van der Waals surface area contributed by atoms with Gasteiger partial charge in [0.25, 0.3) is 0 Å². The molecule has 0 aromatic rings. The van der Waals surface area contributed by atoms with Crippen LogP contribution < -0.4 is 0 Å². The quantitative estimate of drug-likeness (QED) is 0.0177. The summed E-state index contributed by atoms with van der Waals surface area (Å²) in [6, 6.07) is 0. The molecule has 0 spiro atoms. The number of esters is 2. The van der Waals surface area contributed by atoms with Crippen LogP contribution in [0.1, 0.15) is 168 Å². The van der Waals surface area contributed by atoms with E-state index in [2.05, 4.69) is 26.0 Å². The molecule has 6 N–H and O–H groups in total. The molecule has 1 saturated carbocycles. The van der Waals surface area contributed by atoms with E-state index in [1.54, 1.807) is 0 Å². The number of carbonyl (C=O) groups excluding carboxylic acids is 2. The highest BCUT2D eigenvalue weighted by molar-refractivity contribution is 7.47. The third kappa shape index (κ3) is 24.0. The molecule has 0 bridgehead atoms. The third-order valence-electron chi connectivity index (χ3n) is 9.61. The van der Waals surface area contributed by atoms with Crippen LogP contribution in [0.4, 0.5) is 0 Å². The van der Waals surface area contributed by atoms with Gasteiger partial charge in [-0.05, 0) is 38.5 Å². The molecular weight excluding hydrogens is 707 g/mol. The van der Waals surface area contributed by atoms with Crippen molar-refractivity contribution in [1.82, 2.24) is 0 Å². The highest BCUT2D eigenvalue weighted by Crippen LogP contribution is 2.47. The Kier molecular flexibility index (Phi) is 28.8. The average molecular weight is 781 g/mol. The molecule has 0 aromatic heterocycles. The Hall–Kier alpha value is -1.41. The van der Waals surface area contributed by atoms with Crippen molar-refractivity contribution in [2.75, 3.05) is 13.2 Å². The zero-order chi connectivity index (χ0) is 39.3. The maximum atomic E-state index is 12.7. The first kappa shape index (κ1) is 49.6. The number of carbonyl (C=O) groups is 2. The normalized spacial score (nSPS) is 23.5. The number of phosphoric acid groups is 1. The largest absolute Gasteiger partial charge is 0.472 e. The van der Waals surface area contributed by atoms with Crippen molar-refractivity contribution in [1.29, 1.82) is 0 Å². The van der Waals surface area contributed by atoms with Crippen molar-refractivity contribution >= 4 is 19.8 Å². The van der Waals surface area contributed by atoms with Crippen LogP contribution in [0.25, 0.3) is 0 Å². The number of unbranched alkanes of at least 4 members (excludes halogenated alkanes) is 19. The van der Waals surface area contributed by atoms with Gasteiger partial charge in [0.15, 0.2) is 6.10 Å². The summed E-state index contributed by atoms with van der Waals surface area (Å²) >= 11 is 0. The first-order valence-electron chi connectivity index (χ1n) is 20.5. The summed E-state index contributed by atoms with van der Waals surface area (Å²) in [6.45, 7) is 3.23. The summed E-state index contributed by atoms with van der Waals surface area (Å²) in [7, 11) is -5.10. The Balaban J connectivity index is 2.51. The maximum Gasteiger partial charge on any atom is 0.472 e. The van der Waals surface area contributed by atoms with Gasteiger partial charge in [0.05, 0.1) is 6.61 Å². The molecule has 8 atom stereocenters. The minimum atomic E-state index is -5.10. The zero-order valence-corrected chi connectivity index (χ0v) is 33.5. The molecule has 1 fully saturated rings. The summed E-state index contributed by atoms with van der Waals surface area (Å²) in [5.74, 6) is -1.10. The van der Waals surface area contributed by atoms with E-state index in [4.69, 9.17) is 18.5 Å². The predicted molar refractivity (Wildman–Crippen MR) is 203 cm³/mol. The molecule has 1 rings (SSSR count). The Morgan fingerprint density at radius 2 is 0.962 bits per heavy atom. The first-order chi connectivity index (χ1) is 25.4. The van der Waals surface area contributed by atoms with E-state index < -0.39 is 75.7 Å². The fourth-order valence-corrected chi connectivity index (χ4v) is 7.19. The van der Waals surface area contributed by atoms with Crippen LogP contribution in [0.5, 0.6) is 0 Å². The van der Waals surface area contributed by atoms with Gasteiger partial charge in [-0.1, -0.05) is 129 Å². The molecule has 0 aliphatic heterocycles. The summed E-state index contributed by atoms with van der Waals surface area (Å²) in [4.78, 5) is 35.4. The average Bonchev–Trinajstić information content (AvgIpc) is 3.13. The number of hydrogen-bond acceptors (Lipinski definition) is 12. The van der Waals surface area contributed by atoms with E-state index in [1.165, 1.54) is 70.6 Å². The van der Waals surface area contributed by atoms with Crippen molar-refractivity contribution < 1.29 is 63.1 Å². The van der Waals surface area contributed by atoms with Crippen molar-refractivity contribution in [3.63, 3.8) is 0 Å². The second-order valence-electron chi connectivity index (χ2n) is 14.5. The van der Waals surface area contributed by atoms with E-state index in [-0.39, 0.29) is 12.8 Å². The van der Waals surface area contributed by atoms with E-state index in [1.807, 2.05) is 0 Å². The van der Waals surface area contributed by atoms with Gasteiger partial charge in [0.1, 0.15) is 43.2 Å². The predicted octanol–water partition coefficient (Wildman–Crippen LogP) is 6.72. The monoisotopic (exact) mass is 780 g/mol. The van der Waals surface area contributed by atoms with Crippen molar-refractivity contribution in [3.8, 4) is 0 Å². The molecule has 1 aliphatic rings. The highest BCUT2D eigenvalue weighted by Gasteiger charge is 2.51. The van der Waals surface area contributed by atoms with Crippen LogP contribution in [0.2, 0.25) is 0 Å². The van der Waals surface area contributed by atoms with Crippen molar-refractivity contribution in [2.24, 2.45) is 0 Å². The van der Waals surface area contributed by atoms with Gasteiger partial charge in [-0.15, -0.1) is 0 Å². The fraction of sp³-hybridized carbons (Fsp3) is 0.897. The molecule has 14 heteroatoms. The molecule has 0 aromatic carbocycles. The van der Waals surface area contributed by atoms with E-state index in [0.29, 0.717) is 12.8 Å². The van der Waals surface area contributed by atoms with Gasteiger partial charge < -0.3 is 39.9 Å². The molecule has 0 radical (unpaired) electrons. The first-order valence-corrected chi connectivity index (χ1v) is 22.0. The van der Waals surface area contributed by atoms with Crippen LogP contribution in [-0.4, -0.2) is 98.3 Å². The van der Waals surface area contributed by atoms with Gasteiger partial charge in [-0.2, -0.15) is 0 Å². The minimum Gasteiger partial charge on any atom is -0.462 e. The number of aliphatic hydroxyl groups excluding tert-OH is 5. The molecule has 0 heterocycles. The number of ether oxygens (including phenoxy) is 2. The second-order valence-corrected chi connectivity index (χ2v) is 15.9. The number of aliphatic hydroxyl groups is 5. The minimum absolute atomic E-state index is 0.0950. The fourth-order valence-electron chi connectivity index (χ4n) is 6.22. The van der Waals surface area contributed by atoms with Crippen LogP contribution in [0.3, 0.4) is 0 Å². The Bertz CT molecular complexity index is 996. The molecule has 53 heavy (non-hydrogen) atoms. The van der Waals surface area contributed by atoms with Crippen LogP contribution in [0.15, 0.2) is 12.2 Å². The van der Waals surface area contributed by atoms with Gasteiger partial charge in [-0.25, -0.2) is 4.57 Å². The Morgan fingerprint density at radius 3 is 1.45 bits per heavy atom. The number of hydrogen-bond donors (Lipinski definition) is 6. The molecule has 0 amide bonds. The summed E-state index contributed by atoms with van der Waals surface area (Å²) in [5, 5.41) is 49.9. The van der Waals surface area contributed by atoms with Crippen LogP contribution in [0, 0.1) is 0 Å². The van der Waals surface area contributed by atoms with Crippen LogP contribution in [-0.2, 0) is 32.7 Å². The maximum absolute atomic E-state index is 12.7. The second kappa shape index (κ2) is 30.8. The lowest BCUT2D eigenvalue weighted by Gasteiger charge is -2.41.